The number of amides is 2. The maximum atomic E-state index is 13.2. The van der Waals surface area contributed by atoms with Gasteiger partial charge in [0.2, 0.25) is 5.91 Å². The number of nitriles is 1. The average molecular weight is 496 g/mol. The molecule has 7 rings (SSSR count). The van der Waals surface area contributed by atoms with Crippen LogP contribution in [0.5, 0.6) is 0 Å². The number of anilines is 1. The number of carbonyl (C=O) groups is 2. The molecule has 37 heavy (non-hydrogen) atoms. The molecule has 1 atom stereocenters. The Morgan fingerprint density at radius 2 is 1.95 bits per heavy atom. The summed E-state index contributed by atoms with van der Waals surface area (Å²) in [5, 5.41) is 13.2. The van der Waals surface area contributed by atoms with E-state index in [4.69, 9.17) is 5.26 Å². The number of piperidine rings is 1. The second kappa shape index (κ2) is 8.72. The van der Waals surface area contributed by atoms with Crippen LogP contribution in [-0.4, -0.2) is 39.4 Å². The van der Waals surface area contributed by atoms with Crippen LogP contribution in [-0.2, 0) is 11.8 Å². The summed E-state index contributed by atoms with van der Waals surface area (Å²) in [6.07, 6.45) is 9.50. The van der Waals surface area contributed by atoms with E-state index in [0.717, 1.165) is 48.4 Å². The van der Waals surface area contributed by atoms with Crippen LogP contribution in [0.1, 0.15) is 72.0 Å². The number of benzene rings is 1. The van der Waals surface area contributed by atoms with E-state index in [2.05, 4.69) is 39.0 Å². The minimum Gasteiger partial charge on any atom is -0.342 e. The molecule has 1 N–H and O–H groups in total. The molecule has 1 aromatic carbocycles. The highest BCUT2D eigenvalue weighted by atomic mass is 16.2. The first-order valence-electron chi connectivity index (χ1n) is 13.3. The number of pyridine rings is 1. The van der Waals surface area contributed by atoms with E-state index in [0.29, 0.717) is 34.1 Å². The lowest BCUT2D eigenvalue weighted by molar-refractivity contribution is -0.173. The summed E-state index contributed by atoms with van der Waals surface area (Å²) in [6, 6.07) is 8.77. The lowest BCUT2D eigenvalue weighted by Gasteiger charge is -2.64. The SMILES string of the molecule is Cc1c(NC(=O)c2cccc(C#N)c2)cnc2c1c(C1CCN(C(=O)C(C)C34CC(C3)C4)CC1)cn2C. The van der Waals surface area contributed by atoms with Gasteiger partial charge in [-0.05, 0) is 85.6 Å². The average Bonchev–Trinajstić information content (AvgIpc) is 3.20. The van der Waals surface area contributed by atoms with Crippen molar-refractivity contribution < 1.29 is 9.59 Å². The molecule has 2 amide bonds. The van der Waals surface area contributed by atoms with E-state index in [1.54, 1.807) is 30.5 Å². The number of aryl methyl sites for hydroxylation is 2. The Morgan fingerprint density at radius 3 is 2.59 bits per heavy atom. The number of nitrogens with zero attached hydrogens (tertiary/aromatic N) is 4. The number of likely N-dealkylation sites (tertiary alicyclic amines) is 1. The normalized spacial score (nSPS) is 23.6. The fraction of sp³-hybridized carbons (Fsp3) is 0.467. The fourth-order valence-corrected chi connectivity index (χ4v) is 6.92. The number of nitrogens with one attached hydrogen (secondary N) is 1. The summed E-state index contributed by atoms with van der Waals surface area (Å²) >= 11 is 0. The predicted octanol–water partition coefficient (Wildman–Crippen LogP) is 5.15. The Bertz CT molecular complexity index is 1440. The minimum absolute atomic E-state index is 0.151. The highest BCUT2D eigenvalue weighted by Gasteiger charge is 2.61. The Kier molecular flexibility index (Phi) is 5.59. The lowest BCUT2D eigenvalue weighted by Crippen LogP contribution is -2.59. The molecule has 4 aliphatic rings. The van der Waals surface area contributed by atoms with Gasteiger partial charge in [-0.15, -0.1) is 0 Å². The highest BCUT2D eigenvalue weighted by Crippen LogP contribution is 2.68. The highest BCUT2D eigenvalue weighted by molar-refractivity contribution is 6.06. The van der Waals surface area contributed by atoms with Gasteiger partial charge in [0.1, 0.15) is 5.65 Å². The second-order valence-electron chi connectivity index (χ2n) is 11.5. The first-order valence-corrected chi connectivity index (χ1v) is 13.3. The van der Waals surface area contributed by atoms with Crippen LogP contribution in [0.25, 0.3) is 11.0 Å². The second-order valence-corrected chi connectivity index (χ2v) is 11.5. The van der Waals surface area contributed by atoms with Crippen molar-refractivity contribution in [3.05, 3.63) is 58.9 Å². The van der Waals surface area contributed by atoms with Crippen LogP contribution < -0.4 is 5.32 Å². The topological polar surface area (TPSA) is 91.0 Å². The van der Waals surface area contributed by atoms with E-state index in [1.165, 1.54) is 24.8 Å². The van der Waals surface area contributed by atoms with Gasteiger partial charge in [-0.3, -0.25) is 9.59 Å². The quantitative estimate of drug-likeness (QED) is 0.530. The Balaban J connectivity index is 1.20. The molecule has 3 saturated carbocycles. The molecule has 0 spiro atoms. The summed E-state index contributed by atoms with van der Waals surface area (Å²) in [7, 11) is 2.01. The molecule has 7 heteroatoms. The van der Waals surface area contributed by atoms with Crippen molar-refractivity contribution in [2.75, 3.05) is 18.4 Å². The molecule has 1 saturated heterocycles. The van der Waals surface area contributed by atoms with Gasteiger partial charge in [0.25, 0.3) is 5.91 Å². The molecule has 3 aliphatic carbocycles. The van der Waals surface area contributed by atoms with Crippen molar-refractivity contribution in [2.45, 2.75) is 51.9 Å². The van der Waals surface area contributed by atoms with Crippen molar-refractivity contribution in [3.8, 4) is 6.07 Å². The number of fused-ring (bicyclic) bond motifs is 1. The van der Waals surface area contributed by atoms with Gasteiger partial charge in [-0.2, -0.15) is 5.26 Å². The number of rotatable bonds is 5. The van der Waals surface area contributed by atoms with Crippen molar-refractivity contribution >= 4 is 28.5 Å². The Labute approximate surface area is 217 Å². The molecule has 4 fully saturated rings. The summed E-state index contributed by atoms with van der Waals surface area (Å²) < 4.78 is 2.06. The monoisotopic (exact) mass is 495 g/mol. The molecule has 2 aromatic heterocycles. The number of aromatic nitrogens is 2. The third kappa shape index (κ3) is 3.81. The van der Waals surface area contributed by atoms with Crippen LogP contribution in [0.2, 0.25) is 0 Å². The van der Waals surface area contributed by atoms with Crippen molar-refractivity contribution in [3.63, 3.8) is 0 Å². The summed E-state index contributed by atoms with van der Waals surface area (Å²) in [4.78, 5) is 32.9. The Hall–Kier alpha value is -3.66. The van der Waals surface area contributed by atoms with Gasteiger partial charge in [0.15, 0.2) is 0 Å². The first-order chi connectivity index (χ1) is 17.8. The van der Waals surface area contributed by atoms with Crippen LogP contribution >= 0.6 is 0 Å². The van der Waals surface area contributed by atoms with Gasteiger partial charge >= 0.3 is 0 Å². The van der Waals surface area contributed by atoms with E-state index < -0.39 is 0 Å². The molecular weight excluding hydrogens is 462 g/mol. The van der Waals surface area contributed by atoms with Gasteiger partial charge in [-0.25, -0.2) is 4.98 Å². The number of hydrogen-bond acceptors (Lipinski definition) is 4. The van der Waals surface area contributed by atoms with Gasteiger partial charge in [-0.1, -0.05) is 13.0 Å². The fourth-order valence-electron chi connectivity index (χ4n) is 6.92. The van der Waals surface area contributed by atoms with Crippen LogP contribution in [0, 0.1) is 35.5 Å². The first kappa shape index (κ1) is 23.7. The predicted molar refractivity (Wildman–Crippen MR) is 142 cm³/mol. The van der Waals surface area contributed by atoms with Gasteiger partial charge in [0, 0.05) is 43.2 Å². The van der Waals surface area contributed by atoms with Gasteiger partial charge in [0.05, 0.1) is 23.5 Å². The largest absolute Gasteiger partial charge is 0.342 e. The van der Waals surface area contributed by atoms with E-state index in [1.807, 2.05) is 14.0 Å². The van der Waals surface area contributed by atoms with E-state index in [-0.39, 0.29) is 11.8 Å². The maximum absolute atomic E-state index is 13.2. The van der Waals surface area contributed by atoms with Crippen molar-refractivity contribution in [1.82, 2.24) is 14.5 Å². The third-order valence-corrected chi connectivity index (χ3v) is 9.40. The summed E-state index contributed by atoms with van der Waals surface area (Å²) in [5.74, 6) is 1.47. The zero-order valence-electron chi connectivity index (χ0n) is 21.8. The third-order valence-electron chi connectivity index (χ3n) is 9.40. The van der Waals surface area contributed by atoms with Gasteiger partial charge < -0.3 is 14.8 Å². The summed E-state index contributed by atoms with van der Waals surface area (Å²) in [5.41, 5.74) is 5.00. The molecule has 190 valence electrons. The van der Waals surface area contributed by atoms with Crippen LogP contribution in [0.4, 0.5) is 5.69 Å². The molecule has 2 bridgehead atoms. The zero-order chi connectivity index (χ0) is 25.9. The minimum atomic E-state index is -0.261. The standard InChI is InChI=1S/C30H33N5O2/c1-18-25(33-28(36)23-6-4-5-20(11-23)15-31)16-32-27-26(18)24(17-34(27)3)22-7-9-35(10-8-22)29(37)19(2)30-12-21(13-30)14-30/h4-6,11,16-17,19,21-22H,7-10,12-14H2,1-3H3,(H,33,36). The molecule has 1 aliphatic heterocycles. The zero-order valence-corrected chi connectivity index (χ0v) is 21.8. The lowest BCUT2D eigenvalue weighted by atomic mass is 9.40. The Morgan fingerprint density at radius 1 is 1.22 bits per heavy atom. The van der Waals surface area contributed by atoms with Crippen LogP contribution in [0.3, 0.4) is 0 Å². The molecule has 3 aromatic rings. The van der Waals surface area contributed by atoms with E-state index in [9.17, 15) is 9.59 Å². The number of carbonyl (C=O) groups excluding carboxylic acids is 2. The molecule has 1 unspecified atom stereocenters. The van der Waals surface area contributed by atoms with Crippen molar-refractivity contribution in [1.29, 1.82) is 5.26 Å². The summed E-state index contributed by atoms with van der Waals surface area (Å²) in [6.45, 7) is 5.76. The molecular formula is C30H33N5O2. The van der Waals surface area contributed by atoms with Crippen LogP contribution in [0.15, 0.2) is 36.7 Å². The number of hydrogen-bond donors (Lipinski definition) is 1. The maximum Gasteiger partial charge on any atom is 0.255 e. The molecule has 0 radical (unpaired) electrons. The van der Waals surface area contributed by atoms with E-state index >= 15 is 0 Å². The smallest absolute Gasteiger partial charge is 0.255 e. The van der Waals surface area contributed by atoms with Crippen molar-refractivity contribution in [2.24, 2.45) is 24.3 Å². The molecule has 7 nitrogen and oxygen atoms in total. The molecule has 3 heterocycles.